The van der Waals surface area contributed by atoms with Gasteiger partial charge >= 0.3 is 0 Å². The molecule has 0 fully saturated rings. The molecule has 96 valence electrons. The van der Waals surface area contributed by atoms with Crippen LogP contribution in [0, 0.1) is 0 Å². The number of benzene rings is 1. The molecule has 0 radical (unpaired) electrons. The van der Waals surface area contributed by atoms with E-state index in [1.165, 1.54) is 11.3 Å². The van der Waals surface area contributed by atoms with Gasteiger partial charge in [0.05, 0.1) is 11.4 Å². The van der Waals surface area contributed by atoms with Crippen LogP contribution in [0.15, 0.2) is 23.6 Å². The van der Waals surface area contributed by atoms with Gasteiger partial charge in [0.2, 0.25) is 0 Å². The van der Waals surface area contributed by atoms with Crippen molar-refractivity contribution in [2.75, 3.05) is 24.7 Å². The molecule has 2 N–H and O–H groups in total. The highest BCUT2D eigenvalue weighted by Gasteiger charge is 2.08. The summed E-state index contributed by atoms with van der Waals surface area (Å²) in [6, 6.07) is 5.73. The Morgan fingerprint density at radius 3 is 2.78 bits per heavy atom. The molecular formula is C13H17N3OS. The first kappa shape index (κ1) is 12.7. The molecule has 1 aromatic heterocycles. The lowest BCUT2D eigenvalue weighted by molar-refractivity contribution is 0.479. The number of nitrogens with zero attached hydrogens (tertiary/aromatic N) is 2. The lowest BCUT2D eigenvalue weighted by Gasteiger charge is -2.14. The van der Waals surface area contributed by atoms with E-state index in [9.17, 15) is 0 Å². The van der Waals surface area contributed by atoms with E-state index in [1.807, 2.05) is 42.6 Å². The van der Waals surface area contributed by atoms with Crippen LogP contribution in [0.25, 0.3) is 0 Å². The van der Waals surface area contributed by atoms with E-state index in [2.05, 4.69) is 11.9 Å². The van der Waals surface area contributed by atoms with Crippen LogP contribution in [0.3, 0.4) is 0 Å². The second-order valence-electron chi connectivity index (χ2n) is 4.18. The number of hydrogen-bond acceptors (Lipinski definition) is 5. The van der Waals surface area contributed by atoms with Crippen molar-refractivity contribution >= 4 is 22.7 Å². The smallest absolute Gasteiger partial charge is 0.278 e. The predicted molar refractivity (Wildman–Crippen MR) is 76.7 cm³/mol. The maximum atomic E-state index is 5.91. The number of ether oxygens (including phenoxy) is 1. The molecule has 0 saturated carbocycles. The number of thiazole rings is 1. The van der Waals surface area contributed by atoms with Gasteiger partial charge in [-0.05, 0) is 18.6 Å². The number of hydrogen-bond donors (Lipinski definition) is 1. The molecule has 0 unspecified atom stereocenters. The van der Waals surface area contributed by atoms with Crippen molar-refractivity contribution in [3.05, 3.63) is 29.3 Å². The number of aromatic nitrogens is 1. The number of rotatable bonds is 4. The summed E-state index contributed by atoms with van der Waals surface area (Å²) >= 11 is 1.49. The SMILES string of the molecule is CCc1csc(Oc2cc(N(C)C)ccc2N)n1. The Kier molecular flexibility index (Phi) is 3.72. The van der Waals surface area contributed by atoms with E-state index in [0.29, 0.717) is 16.6 Å². The van der Waals surface area contributed by atoms with Gasteiger partial charge in [0.25, 0.3) is 5.19 Å². The molecule has 0 spiro atoms. The molecule has 2 aromatic rings. The predicted octanol–water partition coefficient (Wildman–Crippen LogP) is 3.15. The van der Waals surface area contributed by atoms with Crippen molar-refractivity contribution in [3.63, 3.8) is 0 Å². The summed E-state index contributed by atoms with van der Waals surface area (Å²) in [7, 11) is 3.96. The highest BCUT2D eigenvalue weighted by atomic mass is 32.1. The molecule has 4 nitrogen and oxygen atoms in total. The topological polar surface area (TPSA) is 51.4 Å². The van der Waals surface area contributed by atoms with Crippen molar-refractivity contribution in [1.29, 1.82) is 0 Å². The van der Waals surface area contributed by atoms with Gasteiger partial charge in [-0.1, -0.05) is 18.3 Å². The first-order valence-electron chi connectivity index (χ1n) is 5.79. The molecule has 0 saturated heterocycles. The number of nitrogen functional groups attached to an aromatic ring is 1. The quantitative estimate of drug-likeness (QED) is 0.861. The Balaban J connectivity index is 2.24. The van der Waals surface area contributed by atoms with Gasteiger partial charge in [-0.2, -0.15) is 0 Å². The van der Waals surface area contributed by atoms with Crippen molar-refractivity contribution in [2.45, 2.75) is 13.3 Å². The lowest BCUT2D eigenvalue weighted by atomic mass is 10.2. The Labute approximate surface area is 111 Å². The van der Waals surface area contributed by atoms with Gasteiger partial charge in [0, 0.05) is 31.2 Å². The van der Waals surface area contributed by atoms with Gasteiger partial charge in [0.15, 0.2) is 5.75 Å². The zero-order chi connectivity index (χ0) is 13.1. The monoisotopic (exact) mass is 263 g/mol. The molecule has 0 amide bonds. The third-order valence-corrected chi connectivity index (χ3v) is 3.37. The molecule has 0 bridgehead atoms. The minimum Gasteiger partial charge on any atom is -0.429 e. The third-order valence-electron chi connectivity index (χ3n) is 2.60. The minimum atomic E-state index is 0.619. The zero-order valence-electron chi connectivity index (χ0n) is 10.8. The fourth-order valence-corrected chi connectivity index (χ4v) is 2.25. The van der Waals surface area contributed by atoms with E-state index in [4.69, 9.17) is 10.5 Å². The van der Waals surface area contributed by atoms with Gasteiger partial charge in [-0.15, -0.1) is 0 Å². The van der Waals surface area contributed by atoms with E-state index < -0.39 is 0 Å². The Morgan fingerprint density at radius 2 is 2.17 bits per heavy atom. The van der Waals surface area contributed by atoms with E-state index in [-0.39, 0.29) is 0 Å². The Bertz CT molecular complexity index is 537. The van der Waals surface area contributed by atoms with Crippen molar-refractivity contribution in [2.24, 2.45) is 0 Å². The van der Waals surface area contributed by atoms with Crippen LogP contribution in [-0.2, 0) is 6.42 Å². The molecule has 5 heteroatoms. The molecule has 2 rings (SSSR count). The maximum Gasteiger partial charge on any atom is 0.278 e. The van der Waals surface area contributed by atoms with Crippen LogP contribution >= 0.6 is 11.3 Å². The summed E-state index contributed by atoms with van der Waals surface area (Å²) in [6.07, 6.45) is 0.910. The average Bonchev–Trinajstić information content (AvgIpc) is 2.79. The van der Waals surface area contributed by atoms with Gasteiger partial charge < -0.3 is 15.4 Å². The second kappa shape index (κ2) is 5.27. The van der Waals surface area contributed by atoms with Crippen LogP contribution in [0.4, 0.5) is 11.4 Å². The molecule has 18 heavy (non-hydrogen) atoms. The highest BCUT2D eigenvalue weighted by molar-refractivity contribution is 7.11. The Morgan fingerprint density at radius 1 is 1.39 bits per heavy atom. The first-order valence-corrected chi connectivity index (χ1v) is 6.67. The largest absolute Gasteiger partial charge is 0.429 e. The number of nitrogens with two attached hydrogens (primary N) is 1. The first-order chi connectivity index (χ1) is 8.60. The van der Waals surface area contributed by atoms with Gasteiger partial charge in [0.1, 0.15) is 0 Å². The van der Waals surface area contributed by atoms with E-state index >= 15 is 0 Å². The fourth-order valence-electron chi connectivity index (χ4n) is 1.48. The van der Waals surface area contributed by atoms with Crippen LogP contribution in [0.1, 0.15) is 12.6 Å². The zero-order valence-corrected chi connectivity index (χ0v) is 11.6. The summed E-state index contributed by atoms with van der Waals surface area (Å²) in [5, 5.41) is 2.64. The summed E-state index contributed by atoms with van der Waals surface area (Å²) in [5.74, 6) is 0.651. The third kappa shape index (κ3) is 2.73. The summed E-state index contributed by atoms with van der Waals surface area (Å²) in [4.78, 5) is 6.37. The van der Waals surface area contributed by atoms with Crippen LogP contribution in [0.5, 0.6) is 10.9 Å². The molecule has 0 aliphatic heterocycles. The second-order valence-corrected chi connectivity index (χ2v) is 5.00. The lowest BCUT2D eigenvalue weighted by Crippen LogP contribution is -2.08. The Hall–Kier alpha value is -1.75. The molecule has 0 aliphatic rings. The molecule has 1 heterocycles. The van der Waals surface area contributed by atoms with E-state index in [0.717, 1.165) is 17.8 Å². The normalized spacial score (nSPS) is 10.4. The standard InChI is InChI=1S/C13H17N3OS/c1-4-9-8-18-13(15-9)17-12-7-10(16(2)3)5-6-11(12)14/h5-8H,4,14H2,1-3H3. The molecule has 0 atom stereocenters. The summed E-state index contributed by atoms with van der Waals surface area (Å²) in [6.45, 7) is 2.07. The summed E-state index contributed by atoms with van der Waals surface area (Å²) < 4.78 is 5.74. The van der Waals surface area contributed by atoms with Crippen LogP contribution in [0.2, 0.25) is 0 Å². The number of anilines is 2. The van der Waals surface area contributed by atoms with Crippen molar-refractivity contribution in [3.8, 4) is 10.9 Å². The van der Waals surface area contributed by atoms with E-state index in [1.54, 1.807) is 0 Å². The van der Waals surface area contributed by atoms with Crippen molar-refractivity contribution in [1.82, 2.24) is 4.98 Å². The average molecular weight is 263 g/mol. The molecule has 0 aliphatic carbocycles. The summed E-state index contributed by atoms with van der Waals surface area (Å²) in [5.41, 5.74) is 8.62. The van der Waals surface area contributed by atoms with Crippen molar-refractivity contribution < 1.29 is 4.74 Å². The highest BCUT2D eigenvalue weighted by Crippen LogP contribution is 2.32. The van der Waals surface area contributed by atoms with Crippen LogP contribution in [-0.4, -0.2) is 19.1 Å². The minimum absolute atomic E-state index is 0.619. The molecule has 1 aromatic carbocycles. The van der Waals surface area contributed by atoms with Crippen LogP contribution < -0.4 is 15.4 Å². The van der Waals surface area contributed by atoms with Gasteiger partial charge in [-0.3, -0.25) is 0 Å². The maximum absolute atomic E-state index is 5.91. The molecular weight excluding hydrogens is 246 g/mol. The fraction of sp³-hybridized carbons (Fsp3) is 0.308. The number of aryl methyl sites for hydroxylation is 1. The van der Waals surface area contributed by atoms with Gasteiger partial charge in [-0.25, -0.2) is 4.98 Å².